The van der Waals surface area contributed by atoms with Gasteiger partial charge in [-0.3, -0.25) is 14.5 Å². The van der Waals surface area contributed by atoms with Gasteiger partial charge in [-0.2, -0.15) is 5.10 Å². The van der Waals surface area contributed by atoms with E-state index < -0.39 is 0 Å². The van der Waals surface area contributed by atoms with Crippen LogP contribution in [0.4, 0.5) is 10.1 Å². The number of carbonyl (C=O) groups excluding carboxylic acids is 1. The Morgan fingerprint density at radius 1 is 1.19 bits per heavy atom. The fourth-order valence-corrected chi connectivity index (χ4v) is 2.93. The number of ether oxygens (including phenoxy) is 1. The van der Waals surface area contributed by atoms with E-state index in [0.29, 0.717) is 30.5 Å². The zero-order chi connectivity index (χ0) is 22.8. The van der Waals surface area contributed by atoms with E-state index in [1.807, 2.05) is 31.2 Å². The summed E-state index contributed by atoms with van der Waals surface area (Å²) in [5.74, 6) is 0.781. The van der Waals surface area contributed by atoms with Crippen LogP contribution >= 0.6 is 0 Å². The van der Waals surface area contributed by atoms with E-state index in [1.165, 1.54) is 12.1 Å². The van der Waals surface area contributed by atoms with Gasteiger partial charge in [0.15, 0.2) is 5.96 Å². The minimum atomic E-state index is -0.297. The van der Waals surface area contributed by atoms with E-state index in [4.69, 9.17) is 4.74 Å². The van der Waals surface area contributed by atoms with Crippen molar-refractivity contribution in [1.82, 2.24) is 20.4 Å². The van der Waals surface area contributed by atoms with Crippen LogP contribution in [0.3, 0.4) is 0 Å². The predicted octanol–water partition coefficient (Wildman–Crippen LogP) is 2.79. The molecule has 8 nitrogen and oxygen atoms in total. The molecule has 0 saturated carbocycles. The van der Waals surface area contributed by atoms with Gasteiger partial charge in [0, 0.05) is 31.7 Å². The molecule has 1 atom stereocenters. The van der Waals surface area contributed by atoms with Crippen LogP contribution in [-0.4, -0.2) is 41.3 Å². The van der Waals surface area contributed by atoms with Gasteiger partial charge in [0.2, 0.25) is 5.91 Å². The van der Waals surface area contributed by atoms with Crippen LogP contribution in [0.2, 0.25) is 0 Å². The molecule has 1 unspecified atom stereocenters. The van der Waals surface area contributed by atoms with E-state index >= 15 is 0 Å². The molecule has 0 saturated heterocycles. The largest absolute Gasteiger partial charge is 0.489 e. The molecule has 9 heteroatoms. The van der Waals surface area contributed by atoms with Gasteiger partial charge in [-0.1, -0.05) is 12.1 Å². The van der Waals surface area contributed by atoms with Gasteiger partial charge in [0.05, 0.1) is 6.54 Å². The van der Waals surface area contributed by atoms with E-state index in [9.17, 15) is 9.18 Å². The highest BCUT2D eigenvalue weighted by atomic mass is 19.1. The molecule has 0 aliphatic rings. The SMILES string of the molecule is CN=C(NCc1cccc(NC(=O)Cn2cccn2)c1)NCC(C)Oc1ccc(F)cc1. The van der Waals surface area contributed by atoms with Crippen LogP contribution in [-0.2, 0) is 17.9 Å². The Hall–Kier alpha value is -3.88. The molecule has 3 aromatic rings. The molecule has 0 aliphatic heterocycles. The zero-order valence-corrected chi connectivity index (χ0v) is 18.1. The normalized spacial score (nSPS) is 12.2. The number of halogens is 1. The number of carbonyl (C=O) groups is 1. The van der Waals surface area contributed by atoms with Crippen LogP contribution in [0, 0.1) is 5.82 Å². The molecule has 0 aliphatic carbocycles. The number of guanidine groups is 1. The average Bonchev–Trinajstić information content (AvgIpc) is 3.28. The van der Waals surface area contributed by atoms with Crippen LogP contribution in [0.5, 0.6) is 5.75 Å². The Labute approximate surface area is 186 Å². The lowest BCUT2D eigenvalue weighted by molar-refractivity contribution is -0.116. The highest BCUT2D eigenvalue weighted by Gasteiger charge is 2.07. The zero-order valence-electron chi connectivity index (χ0n) is 18.1. The van der Waals surface area contributed by atoms with Gasteiger partial charge in [0.25, 0.3) is 0 Å². The third-order valence-electron chi connectivity index (χ3n) is 4.47. The van der Waals surface area contributed by atoms with E-state index in [2.05, 4.69) is 26.0 Å². The maximum absolute atomic E-state index is 13.0. The monoisotopic (exact) mass is 438 g/mol. The van der Waals surface area contributed by atoms with E-state index in [1.54, 1.807) is 42.3 Å². The molecule has 0 fully saturated rings. The number of aromatic nitrogens is 2. The summed E-state index contributed by atoms with van der Waals surface area (Å²) in [5, 5.41) is 13.3. The van der Waals surface area contributed by atoms with Crippen LogP contribution in [0.1, 0.15) is 12.5 Å². The second kappa shape index (κ2) is 11.5. The van der Waals surface area contributed by atoms with E-state index in [-0.39, 0.29) is 24.4 Å². The Kier molecular flexibility index (Phi) is 8.19. The first-order chi connectivity index (χ1) is 15.5. The number of nitrogens with zero attached hydrogens (tertiary/aromatic N) is 3. The van der Waals surface area contributed by atoms with Crippen molar-refractivity contribution in [2.45, 2.75) is 26.1 Å². The Bertz CT molecular complexity index is 1020. The van der Waals surface area contributed by atoms with Crippen LogP contribution in [0.15, 0.2) is 72.0 Å². The average molecular weight is 439 g/mol. The lowest BCUT2D eigenvalue weighted by Crippen LogP contribution is -2.41. The highest BCUT2D eigenvalue weighted by molar-refractivity contribution is 5.90. The molecule has 32 heavy (non-hydrogen) atoms. The predicted molar refractivity (Wildman–Crippen MR) is 122 cm³/mol. The van der Waals surface area contributed by atoms with Crippen molar-refractivity contribution < 1.29 is 13.9 Å². The first-order valence-electron chi connectivity index (χ1n) is 10.2. The Balaban J connectivity index is 1.44. The number of nitrogens with one attached hydrogen (secondary N) is 3. The minimum absolute atomic E-state index is 0.146. The standard InChI is InChI=1S/C23H27FN6O2/c1-17(32-21-9-7-19(24)8-10-21)14-26-23(25-2)27-15-18-5-3-6-20(13-18)29-22(31)16-30-12-4-11-28-30/h3-13,17H,14-16H2,1-2H3,(H,29,31)(H2,25,26,27). The quantitative estimate of drug-likeness (QED) is 0.353. The van der Waals surface area contributed by atoms with Crippen molar-refractivity contribution in [3.63, 3.8) is 0 Å². The molecule has 3 rings (SSSR count). The number of hydrogen-bond donors (Lipinski definition) is 3. The number of benzene rings is 2. The molecular formula is C23H27FN6O2. The second-order valence-electron chi connectivity index (χ2n) is 7.14. The molecule has 1 amide bonds. The smallest absolute Gasteiger partial charge is 0.246 e. The summed E-state index contributed by atoms with van der Waals surface area (Å²) >= 11 is 0. The van der Waals surface area contributed by atoms with Gasteiger partial charge in [-0.25, -0.2) is 4.39 Å². The van der Waals surface area contributed by atoms with Crippen LogP contribution < -0.4 is 20.7 Å². The van der Waals surface area contributed by atoms with Crippen molar-refractivity contribution in [2.75, 3.05) is 18.9 Å². The second-order valence-corrected chi connectivity index (χ2v) is 7.14. The molecule has 1 heterocycles. The first-order valence-corrected chi connectivity index (χ1v) is 10.2. The maximum atomic E-state index is 13.0. The van der Waals surface area contributed by atoms with Gasteiger partial charge < -0.3 is 20.7 Å². The summed E-state index contributed by atoms with van der Waals surface area (Å²) in [6.45, 7) is 3.11. The summed E-state index contributed by atoms with van der Waals surface area (Å²) in [7, 11) is 1.69. The van der Waals surface area contributed by atoms with Crippen molar-refractivity contribution in [3.05, 3.63) is 78.4 Å². The van der Waals surface area contributed by atoms with Gasteiger partial charge in [-0.05, 0) is 55.0 Å². The lowest BCUT2D eigenvalue weighted by atomic mass is 10.2. The third-order valence-corrected chi connectivity index (χ3v) is 4.47. The Morgan fingerprint density at radius 3 is 2.72 bits per heavy atom. The summed E-state index contributed by atoms with van der Waals surface area (Å²) in [5.41, 5.74) is 1.70. The third kappa shape index (κ3) is 7.42. The topological polar surface area (TPSA) is 92.6 Å². The summed E-state index contributed by atoms with van der Waals surface area (Å²) < 4.78 is 20.3. The maximum Gasteiger partial charge on any atom is 0.246 e. The van der Waals surface area contributed by atoms with Crippen molar-refractivity contribution >= 4 is 17.6 Å². The van der Waals surface area contributed by atoms with Crippen molar-refractivity contribution in [3.8, 4) is 5.75 Å². The van der Waals surface area contributed by atoms with Gasteiger partial charge in [0.1, 0.15) is 24.2 Å². The van der Waals surface area contributed by atoms with E-state index in [0.717, 1.165) is 5.56 Å². The van der Waals surface area contributed by atoms with Crippen molar-refractivity contribution in [2.24, 2.45) is 4.99 Å². The number of amides is 1. The fraction of sp³-hybridized carbons (Fsp3) is 0.261. The van der Waals surface area contributed by atoms with Crippen LogP contribution in [0.25, 0.3) is 0 Å². The highest BCUT2D eigenvalue weighted by Crippen LogP contribution is 2.13. The minimum Gasteiger partial charge on any atom is -0.489 e. The van der Waals surface area contributed by atoms with Gasteiger partial charge >= 0.3 is 0 Å². The molecule has 2 aromatic carbocycles. The fourth-order valence-electron chi connectivity index (χ4n) is 2.93. The molecule has 168 valence electrons. The first kappa shape index (κ1) is 22.8. The number of anilines is 1. The molecule has 0 radical (unpaired) electrons. The number of hydrogen-bond acceptors (Lipinski definition) is 4. The number of aliphatic imine (C=N–C) groups is 1. The number of rotatable bonds is 9. The molecule has 1 aromatic heterocycles. The molecule has 3 N–H and O–H groups in total. The van der Waals surface area contributed by atoms with Gasteiger partial charge in [-0.15, -0.1) is 0 Å². The Morgan fingerprint density at radius 2 is 2.00 bits per heavy atom. The lowest BCUT2D eigenvalue weighted by Gasteiger charge is -2.18. The molecular weight excluding hydrogens is 411 g/mol. The molecule has 0 spiro atoms. The van der Waals surface area contributed by atoms with Crippen molar-refractivity contribution in [1.29, 1.82) is 0 Å². The summed E-state index contributed by atoms with van der Waals surface area (Å²) in [6, 6.07) is 15.3. The molecule has 0 bridgehead atoms. The summed E-state index contributed by atoms with van der Waals surface area (Å²) in [6.07, 6.45) is 3.23. The summed E-state index contributed by atoms with van der Waals surface area (Å²) in [4.78, 5) is 16.4.